The molecule has 6 nitrogen and oxygen atoms in total. The molecule has 0 aliphatic carbocycles. The third-order valence-corrected chi connectivity index (χ3v) is 4.92. The van der Waals surface area contributed by atoms with Crippen molar-refractivity contribution in [3.8, 4) is 22.8 Å². The van der Waals surface area contributed by atoms with Crippen LogP contribution in [0.2, 0.25) is 5.02 Å². The molecule has 27 heavy (non-hydrogen) atoms. The number of hydrogen-bond donors (Lipinski definition) is 1. The minimum absolute atomic E-state index is 0.645. The van der Waals surface area contributed by atoms with Crippen molar-refractivity contribution in [3.63, 3.8) is 0 Å². The fraction of sp³-hybridized carbons (Fsp3) is 0.300. The lowest BCUT2D eigenvalue weighted by Crippen LogP contribution is -2.44. The van der Waals surface area contributed by atoms with Gasteiger partial charge in [-0.25, -0.2) is 9.97 Å². The lowest BCUT2D eigenvalue weighted by atomic mass is 10.1. The van der Waals surface area contributed by atoms with E-state index in [0.717, 1.165) is 48.3 Å². The number of nitrogens with one attached hydrogen (secondary N) is 1. The Balaban J connectivity index is 1.96. The first-order valence-corrected chi connectivity index (χ1v) is 9.23. The second kappa shape index (κ2) is 7.58. The largest absolute Gasteiger partial charge is 0.493 e. The van der Waals surface area contributed by atoms with Crippen molar-refractivity contribution in [2.45, 2.75) is 0 Å². The van der Waals surface area contributed by atoms with Crippen molar-refractivity contribution in [2.75, 3.05) is 45.3 Å². The van der Waals surface area contributed by atoms with Crippen molar-refractivity contribution in [1.82, 2.24) is 15.3 Å². The molecule has 2 heterocycles. The number of hydrogen-bond acceptors (Lipinski definition) is 6. The van der Waals surface area contributed by atoms with Gasteiger partial charge in [0.2, 0.25) is 5.95 Å². The molecule has 0 radical (unpaired) electrons. The van der Waals surface area contributed by atoms with Crippen molar-refractivity contribution >= 4 is 28.5 Å². The van der Waals surface area contributed by atoms with E-state index < -0.39 is 0 Å². The van der Waals surface area contributed by atoms with Gasteiger partial charge < -0.3 is 19.7 Å². The Hall–Kier alpha value is -2.57. The van der Waals surface area contributed by atoms with Crippen molar-refractivity contribution in [2.24, 2.45) is 0 Å². The Kier molecular flexibility index (Phi) is 5.01. The van der Waals surface area contributed by atoms with E-state index in [4.69, 9.17) is 31.0 Å². The Bertz CT molecular complexity index is 974. The summed E-state index contributed by atoms with van der Waals surface area (Å²) in [6.07, 6.45) is 0. The summed E-state index contributed by atoms with van der Waals surface area (Å²) in [5.41, 5.74) is 2.58. The summed E-state index contributed by atoms with van der Waals surface area (Å²) in [5.74, 6) is 2.00. The fourth-order valence-electron chi connectivity index (χ4n) is 3.31. The number of ether oxygens (including phenoxy) is 2. The summed E-state index contributed by atoms with van der Waals surface area (Å²) in [7, 11) is 3.25. The molecule has 0 amide bonds. The van der Waals surface area contributed by atoms with Gasteiger partial charge in [-0.3, -0.25) is 0 Å². The zero-order chi connectivity index (χ0) is 18.8. The van der Waals surface area contributed by atoms with Crippen LogP contribution in [0.15, 0.2) is 36.4 Å². The number of rotatable bonds is 4. The zero-order valence-electron chi connectivity index (χ0n) is 15.3. The summed E-state index contributed by atoms with van der Waals surface area (Å²) in [4.78, 5) is 11.9. The molecule has 0 unspecified atom stereocenters. The van der Waals surface area contributed by atoms with Crippen LogP contribution in [0.25, 0.3) is 22.2 Å². The van der Waals surface area contributed by atoms with E-state index in [0.29, 0.717) is 22.5 Å². The van der Waals surface area contributed by atoms with E-state index in [1.165, 1.54) is 0 Å². The highest BCUT2D eigenvalue weighted by molar-refractivity contribution is 6.30. The third-order valence-electron chi connectivity index (χ3n) is 4.69. The minimum atomic E-state index is 0.645. The first kappa shape index (κ1) is 17.8. The van der Waals surface area contributed by atoms with E-state index >= 15 is 0 Å². The number of fused-ring (bicyclic) bond motifs is 1. The Morgan fingerprint density at radius 1 is 1.00 bits per heavy atom. The van der Waals surface area contributed by atoms with E-state index in [9.17, 15) is 0 Å². The molecule has 0 atom stereocenters. The molecule has 0 saturated carbocycles. The molecule has 1 N–H and O–H groups in total. The van der Waals surface area contributed by atoms with Crippen LogP contribution in [0, 0.1) is 0 Å². The van der Waals surface area contributed by atoms with Crippen LogP contribution in [0.4, 0.5) is 5.95 Å². The van der Waals surface area contributed by atoms with Crippen molar-refractivity contribution in [1.29, 1.82) is 0 Å². The normalized spacial score (nSPS) is 14.4. The van der Waals surface area contributed by atoms with Gasteiger partial charge in [0.05, 0.1) is 25.4 Å². The quantitative estimate of drug-likeness (QED) is 0.744. The smallest absolute Gasteiger partial charge is 0.226 e. The van der Waals surface area contributed by atoms with Crippen LogP contribution in [-0.4, -0.2) is 50.4 Å². The Morgan fingerprint density at radius 2 is 1.74 bits per heavy atom. The highest BCUT2D eigenvalue weighted by Gasteiger charge is 2.19. The average molecular weight is 385 g/mol. The summed E-state index contributed by atoms with van der Waals surface area (Å²) in [5, 5.41) is 4.92. The first-order chi connectivity index (χ1) is 13.2. The van der Waals surface area contributed by atoms with E-state index in [2.05, 4.69) is 10.2 Å². The maximum Gasteiger partial charge on any atom is 0.226 e. The molecule has 2 aromatic carbocycles. The molecular weight excluding hydrogens is 364 g/mol. The number of anilines is 1. The summed E-state index contributed by atoms with van der Waals surface area (Å²) in [6, 6.07) is 11.5. The zero-order valence-corrected chi connectivity index (χ0v) is 16.1. The van der Waals surface area contributed by atoms with Crippen LogP contribution in [0.3, 0.4) is 0 Å². The number of halogens is 1. The number of methoxy groups -OCH3 is 2. The SMILES string of the molecule is COc1cc2nc(N3CCNCC3)nc(-c3cccc(Cl)c3)c2cc1OC. The monoisotopic (exact) mass is 384 g/mol. The maximum atomic E-state index is 6.23. The van der Waals surface area contributed by atoms with Crippen molar-refractivity contribution < 1.29 is 9.47 Å². The lowest BCUT2D eigenvalue weighted by Gasteiger charge is -2.28. The molecule has 140 valence electrons. The van der Waals surface area contributed by atoms with Gasteiger partial charge in [-0.15, -0.1) is 0 Å². The van der Waals surface area contributed by atoms with Crippen LogP contribution in [0.1, 0.15) is 0 Å². The molecule has 1 aliphatic rings. The predicted molar refractivity (Wildman–Crippen MR) is 108 cm³/mol. The standard InChI is InChI=1S/C20H21ClN4O2/c1-26-17-11-15-16(12-18(17)27-2)23-20(25-8-6-22-7-9-25)24-19(15)13-4-3-5-14(21)10-13/h3-5,10-12,22H,6-9H2,1-2H3. The Labute approximate surface area is 163 Å². The lowest BCUT2D eigenvalue weighted by molar-refractivity contribution is 0.356. The van der Waals surface area contributed by atoms with Crippen molar-refractivity contribution in [3.05, 3.63) is 41.4 Å². The second-order valence-electron chi connectivity index (χ2n) is 6.34. The predicted octanol–water partition coefficient (Wildman–Crippen LogP) is 3.38. The third kappa shape index (κ3) is 3.50. The van der Waals surface area contributed by atoms with Gasteiger partial charge in [0.1, 0.15) is 0 Å². The van der Waals surface area contributed by atoms with Gasteiger partial charge in [-0.2, -0.15) is 0 Å². The molecule has 1 aliphatic heterocycles. The number of nitrogens with zero attached hydrogens (tertiary/aromatic N) is 3. The molecule has 0 bridgehead atoms. The van der Waals surface area contributed by atoms with Gasteiger partial charge in [0, 0.05) is 48.2 Å². The summed E-state index contributed by atoms with van der Waals surface area (Å²) < 4.78 is 10.9. The van der Waals surface area contributed by atoms with Gasteiger partial charge >= 0.3 is 0 Å². The molecule has 1 aromatic heterocycles. The van der Waals surface area contributed by atoms with Crippen LogP contribution in [-0.2, 0) is 0 Å². The van der Waals surface area contributed by atoms with Crippen LogP contribution >= 0.6 is 11.6 Å². The number of aromatic nitrogens is 2. The summed E-state index contributed by atoms with van der Waals surface area (Å²) >= 11 is 6.23. The molecule has 7 heteroatoms. The topological polar surface area (TPSA) is 59.5 Å². The number of benzene rings is 2. The Morgan fingerprint density at radius 3 is 2.44 bits per heavy atom. The van der Waals surface area contributed by atoms with E-state index in [-0.39, 0.29) is 0 Å². The second-order valence-corrected chi connectivity index (χ2v) is 6.78. The van der Waals surface area contributed by atoms with Gasteiger partial charge in [-0.05, 0) is 18.2 Å². The molecule has 0 spiro atoms. The van der Waals surface area contributed by atoms with Gasteiger partial charge in [-0.1, -0.05) is 23.7 Å². The van der Waals surface area contributed by atoms with E-state index in [1.54, 1.807) is 14.2 Å². The molecule has 3 aromatic rings. The number of piperazine rings is 1. The minimum Gasteiger partial charge on any atom is -0.493 e. The summed E-state index contributed by atoms with van der Waals surface area (Å²) in [6.45, 7) is 3.57. The van der Waals surface area contributed by atoms with Crippen LogP contribution < -0.4 is 19.7 Å². The average Bonchev–Trinajstić information content (AvgIpc) is 2.72. The maximum absolute atomic E-state index is 6.23. The van der Waals surface area contributed by atoms with Gasteiger partial charge in [0.15, 0.2) is 11.5 Å². The first-order valence-electron chi connectivity index (χ1n) is 8.85. The van der Waals surface area contributed by atoms with Crippen LogP contribution in [0.5, 0.6) is 11.5 Å². The molecular formula is C20H21ClN4O2. The van der Waals surface area contributed by atoms with Gasteiger partial charge in [0.25, 0.3) is 0 Å². The van der Waals surface area contributed by atoms with E-state index in [1.807, 2.05) is 36.4 Å². The molecule has 1 saturated heterocycles. The highest BCUT2D eigenvalue weighted by Crippen LogP contribution is 2.37. The molecule has 4 rings (SSSR count). The highest BCUT2D eigenvalue weighted by atomic mass is 35.5. The molecule has 1 fully saturated rings. The fourth-order valence-corrected chi connectivity index (χ4v) is 3.50.